The molecule has 0 aromatic carbocycles. The minimum absolute atomic E-state index is 0.226. The smallest absolute Gasteiger partial charge is 0.404 e. The second-order valence-corrected chi connectivity index (χ2v) is 4.11. The molecule has 0 bridgehead atoms. The average Bonchev–Trinajstić information content (AvgIpc) is 3.04. The third kappa shape index (κ3) is 3.04. The molecular formula is C11H13N3O3. The minimum Gasteiger partial charge on any atom is -0.404 e. The van der Waals surface area contributed by atoms with Gasteiger partial charge in [0.1, 0.15) is 10.7 Å². The Balaban J connectivity index is 1.96. The van der Waals surface area contributed by atoms with Gasteiger partial charge in [-0.15, -0.1) is 0 Å². The molecule has 1 fully saturated rings. The molecule has 90 valence electrons. The molecule has 0 atom stereocenters. The van der Waals surface area contributed by atoms with Crippen LogP contribution in [0, 0.1) is 21.4 Å². The van der Waals surface area contributed by atoms with Gasteiger partial charge >= 0.3 is 5.88 Å². The quantitative estimate of drug-likeness (QED) is 0.556. The van der Waals surface area contributed by atoms with E-state index in [1.54, 1.807) is 6.07 Å². The Morgan fingerprint density at radius 3 is 2.88 bits per heavy atom. The van der Waals surface area contributed by atoms with Gasteiger partial charge in [0.05, 0.1) is 18.7 Å². The van der Waals surface area contributed by atoms with Crippen molar-refractivity contribution in [1.29, 1.82) is 5.26 Å². The van der Waals surface area contributed by atoms with E-state index < -0.39 is 4.92 Å². The van der Waals surface area contributed by atoms with Gasteiger partial charge in [-0.25, -0.2) is 0 Å². The van der Waals surface area contributed by atoms with E-state index >= 15 is 0 Å². The Labute approximate surface area is 98.6 Å². The van der Waals surface area contributed by atoms with E-state index in [1.807, 2.05) is 0 Å². The van der Waals surface area contributed by atoms with Crippen LogP contribution in [-0.2, 0) is 6.54 Å². The highest BCUT2D eigenvalue weighted by Gasteiger charge is 2.29. The molecule has 0 amide bonds. The third-order valence-corrected chi connectivity index (χ3v) is 2.76. The summed E-state index contributed by atoms with van der Waals surface area (Å²) in [7, 11) is 0. The van der Waals surface area contributed by atoms with Crippen LogP contribution >= 0.6 is 0 Å². The maximum absolute atomic E-state index is 10.5. The maximum atomic E-state index is 10.5. The first-order chi connectivity index (χ1) is 8.20. The van der Waals surface area contributed by atoms with Gasteiger partial charge in [-0.1, -0.05) is 0 Å². The van der Waals surface area contributed by atoms with Gasteiger partial charge in [0, 0.05) is 19.0 Å². The molecule has 6 heteroatoms. The Bertz CT molecular complexity index is 445. The molecule has 1 aromatic rings. The van der Waals surface area contributed by atoms with E-state index in [-0.39, 0.29) is 5.88 Å². The fraction of sp³-hybridized carbons (Fsp3) is 0.545. The molecule has 0 spiro atoms. The van der Waals surface area contributed by atoms with E-state index in [1.165, 1.54) is 6.07 Å². The number of furan rings is 1. The monoisotopic (exact) mass is 235 g/mol. The first-order valence-corrected chi connectivity index (χ1v) is 5.55. The van der Waals surface area contributed by atoms with Crippen molar-refractivity contribution in [2.75, 3.05) is 6.54 Å². The van der Waals surface area contributed by atoms with Crippen LogP contribution in [0.1, 0.15) is 25.0 Å². The lowest BCUT2D eigenvalue weighted by molar-refractivity contribution is -0.402. The fourth-order valence-corrected chi connectivity index (χ4v) is 1.77. The van der Waals surface area contributed by atoms with Gasteiger partial charge in [0.2, 0.25) is 0 Å². The SMILES string of the molecule is N#CCCN(Cc1ccc([N+](=O)[O-])o1)C1CC1. The Hall–Kier alpha value is -1.87. The number of hydrogen-bond donors (Lipinski definition) is 0. The van der Waals surface area contributed by atoms with Crippen molar-refractivity contribution < 1.29 is 9.34 Å². The number of hydrogen-bond acceptors (Lipinski definition) is 5. The van der Waals surface area contributed by atoms with Gasteiger partial charge in [0.25, 0.3) is 0 Å². The lowest BCUT2D eigenvalue weighted by Crippen LogP contribution is -2.26. The van der Waals surface area contributed by atoms with E-state index in [9.17, 15) is 10.1 Å². The second kappa shape index (κ2) is 4.97. The summed E-state index contributed by atoms with van der Waals surface area (Å²) in [6, 6.07) is 5.61. The summed E-state index contributed by atoms with van der Waals surface area (Å²) in [4.78, 5) is 12.1. The largest absolute Gasteiger partial charge is 0.433 e. The molecule has 6 nitrogen and oxygen atoms in total. The Kier molecular flexibility index (Phi) is 3.40. The summed E-state index contributed by atoms with van der Waals surface area (Å²) in [6.45, 7) is 1.23. The maximum Gasteiger partial charge on any atom is 0.433 e. The van der Waals surface area contributed by atoms with Crippen molar-refractivity contribution in [1.82, 2.24) is 4.90 Å². The summed E-state index contributed by atoms with van der Waals surface area (Å²) in [6.07, 6.45) is 2.74. The van der Waals surface area contributed by atoms with Gasteiger partial charge < -0.3 is 4.42 Å². The van der Waals surface area contributed by atoms with Crippen LogP contribution in [0.25, 0.3) is 0 Å². The van der Waals surface area contributed by atoms with Crippen LogP contribution in [0.4, 0.5) is 5.88 Å². The van der Waals surface area contributed by atoms with E-state index in [2.05, 4.69) is 11.0 Å². The summed E-state index contributed by atoms with van der Waals surface area (Å²) in [5.74, 6) is 0.359. The molecule has 0 aliphatic heterocycles. The molecule has 1 saturated carbocycles. The zero-order valence-corrected chi connectivity index (χ0v) is 9.33. The highest BCUT2D eigenvalue weighted by Crippen LogP contribution is 2.29. The first kappa shape index (κ1) is 11.6. The van der Waals surface area contributed by atoms with Crippen LogP contribution in [0.5, 0.6) is 0 Å². The van der Waals surface area contributed by atoms with Crippen molar-refractivity contribution >= 4 is 5.88 Å². The minimum atomic E-state index is -0.541. The highest BCUT2D eigenvalue weighted by molar-refractivity contribution is 5.17. The van der Waals surface area contributed by atoms with Crippen molar-refractivity contribution in [2.24, 2.45) is 0 Å². The van der Waals surface area contributed by atoms with Gasteiger partial charge in [-0.05, 0) is 18.9 Å². The summed E-state index contributed by atoms with van der Waals surface area (Å²) in [5, 5.41) is 19.0. The van der Waals surface area contributed by atoms with E-state index in [4.69, 9.17) is 9.68 Å². The van der Waals surface area contributed by atoms with Crippen LogP contribution < -0.4 is 0 Å². The van der Waals surface area contributed by atoms with E-state index in [0.29, 0.717) is 31.3 Å². The van der Waals surface area contributed by atoms with Crippen molar-refractivity contribution in [3.63, 3.8) is 0 Å². The summed E-state index contributed by atoms with van der Waals surface area (Å²) < 4.78 is 5.11. The molecule has 17 heavy (non-hydrogen) atoms. The highest BCUT2D eigenvalue weighted by atomic mass is 16.6. The van der Waals surface area contributed by atoms with Gasteiger partial charge in [0.15, 0.2) is 0 Å². The fourth-order valence-electron chi connectivity index (χ4n) is 1.77. The van der Waals surface area contributed by atoms with Crippen LogP contribution in [0.15, 0.2) is 16.5 Å². The van der Waals surface area contributed by atoms with Crippen molar-refractivity contribution in [3.8, 4) is 6.07 Å². The Morgan fingerprint density at radius 2 is 2.35 bits per heavy atom. The number of nitriles is 1. The topological polar surface area (TPSA) is 83.3 Å². The molecule has 1 aliphatic rings. The lowest BCUT2D eigenvalue weighted by Gasteiger charge is -2.18. The number of nitro groups is 1. The molecule has 0 saturated heterocycles. The van der Waals surface area contributed by atoms with Crippen LogP contribution in [0.3, 0.4) is 0 Å². The lowest BCUT2D eigenvalue weighted by atomic mass is 10.3. The second-order valence-electron chi connectivity index (χ2n) is 4.11. The molecule has 1 aromatic heterocycles. The average molecular weight is 235 g/mol. The molecule has 0 radical (unpaired) electrons. The van der Waals surface area contributed by atoms with Gasteiger partial charge in [-0.2, -0.15) is 5.26 Å². The Morgan fingerprint density at radius 1 is 1.59 bits per heavy atom. The van der Waals surface area contributed by atoms with Gasteiger partial charge in [-0.3, -0.25) is 15.0 Å². The molecule has 0 unspecified atom stereocenters. The number of nitrogens with zero attached hydrogens (tertiary/aromatic N) is 3. The zero-order valence-electron chi connectivity index (χ0n) is 9.33. The predicted octanol–water partition coefficient (Wildman–Crippen LogP) is 2.07. The third-order valence-electron chi connectivity index (χ3n) is 2.76. The zero-order chi connectivity index (χ0) is 12.3. The van der Waals surface area contributed by atoms with Crippen molar-refractivity contribution in [2.45, 2.75) is 31.8 Å². The molecule has 0 N–H and O–H groups in total. The molecule has 1 aliphatic carbocycles. The summed E-state index contributed by atoms with van der Waals surface area (Å²) in [5.41, 5.74) is 0. The predicted molar refractivity (Wildman–Crippen MR) is 59.0 cm³/mol. The van der Waals surface area contributed by atoms with E-state index in [0.717, 1.165) is 12.8 Å². The molecular weight excluding hydrogens is 222 g/mol. The van der Waals surface area contributed by atoms with Crippen LogP contribution in [0.2, 0.25) is 0 Å². The summed E-state index contributed by atoms with van der Waals surface area (Å²) >= 11 is 0. The normalized spacial score (nSPS) is 14.8. The first-order valence-electron chi connectivity index (χ1n) is 5.55. The standard InChI is InChI=1S/C11H13N3O3/c12-6-1-7-13(9-2-3-9)8-10-4-5-11(17-10)14(15)16/h4-5,9H,1-3,7-8H2. The van der Waals surface area contributed by atoms with Crippen LogP contribution in [-0.4, -0.2) is 22.4 Å². The molecule has 1 heterocycles. The molecule has 2 rings (SSSR count). The van der Waals surface area contributed by atoms with Crippen molar-refractivity contribution in [3.05, 3.63) is 28.0 Å². The number of rotatable bonds is 6.